The van der Waals surface area contributed by atoms with Crippen molar-refractivity contribution in [3.8, 4) is 0 Å². The van der Waals surface area contributed by atoms with Crippen LogP contribution in [0.2, 0.25) is 0 Å². The molecular formula is C15H18ClN3. The summed E-state index contributed by atoms with van der Waals surface area (Å²) in [6.45, 7) is 0.957. The number of nitrogens with zero attached hydrogens (tertiary/aromatic N) is 2. The average molecular weight is 276 g/mol. The monoisotopic (exact) mass is 275 g/mol. The van der Waals surface area contributed by atoms with Gasteiger partial charge in [-0.15, -0.1) is 11.6 Å². The molecule has 1 fully saturated rings. The van der Waals surface area contributed by atoms with Gasteiger partial charge in [-0.2, -0.15) is 0 Å². The maximum atomic E-state index is 6.03. The summed E-state index contributed by atoms with van der Waals surface area (Å²) < 4.78 is 0. The van der Waals surface area contributed by atoms with Crippen LogP contribution in [0, 0.1) is 11.8 Å². The van der Waals surface area contributed by atoms with E-state index in [2.05, 4.69) is 21.4 Å². The normalized spacial score (nSPS) is 22.8. The van der Waals surface area contributed by atoms with Gasteiger partial charge in [-0.1, -0.05) is 18.6 Å². The van der Waals surface area contributed by atoms with Crippen LogP contribution in [0.3, 0.4) is 0 Å². The highest BCUT2D eigenvalue weighted by molar-refractivity contribution is 6.18. The lowest BCUT2D eigenvalue weighted by Gasteiger charge is -2.18. The molecule has 1 heterocycles. The first-order chi connectivity index (χ1) is 9.38. The number of rotatable bonds is 4. The molecule has 3 rings (SSSR count). The topological polar surface area (TPSA) is 37.8 Å². The van der Waals surface area contributed by atoms with Gasteiger partial charge < -0.3 is 5.32 Å². The van der Waals surface area contributed by atoms with Gasteiger partial charge in [-0.3, -0.25) is 0 Å². The van der Waals surface area contributed by atoms with E-state index in [1.807, 2.05) is 18.2 Å². The van der Waals surface area contributed by atoms with Crippen LogP contribution in [0.4, 0.5) is 5.82 Å². The number of aromatic nitrogens is 2. The number of benzene rings is 1. The number of hydrogen-bond donors (Lipinski definition) is 1. The molecular weight excluding hydrogens is 258 g/mol. The van der Waals surface area contributed by atoms with Gasteiger partial charge in [0.05, 0.1) is 5.52 Å². The van der Waals surface area contributed by atoms with Crippen molar-refractivity contribution in [2.24, 2.45) is 11.8 Å². The second kappa shape index (κ2) is 5.74. The molecule has 1 aromatic heterocycles. The Hall–Kier alpha value is -1.35. The van der Waals surface area contributed by atoms with E-state index in [-0.39, 0.29) is 0 Å². The minimum Gasteiger partial charge on any atom is -0.369 e. The maximum Gasteiger partial charge on any atom is 0.137 e. The van der Waals surface area contributed by atoms with Crippen LogP contribution in [0.25, 0.3) is 10.9 Å². The van der Waals surface area contributed by atoms with Gasteiger partial charge in [0.15, 0.2) is 0 Å². The quantitative estimate of drug-likeness (QED) is 0.865. The molecule has 1 N–H and O–H groups in total. The Morgan fingerprint density at radius 3 is 2.89 bits per heavy atom. The smallest absolute Gasteiger partial charge is 0.137 e. The molecule has 1 aliphatic rings. The molecule has 19 heavy (non-hydrogen) atoms. The average Bonchev–Trinajstić information content (AvgIpc) is 2.92. The van der Waals surface area contributed by atoms with Crippen molar-refractivity contribution in [2.75, 3.05) is 17.7 Å². The zero-order valence-electron chi connectivity index (χ0n) is 10.8. The van der Waals surface area contributed by atoms with E-state index in [4.69, 9.17) is 11.6 Å². The zero-order valence-corrected chi connectivity index (χ0v) is 11.6. The molecule has 0 bridgehead atoms. The van der Waals surface area contributed by atoms with E-state index < -0.39 is 0 Å². The third kappa shape index (κ3) is 2.66. The number of hydrogen-bond acceptors (Lipinski definition) is 3. The molecule has 100 valence electrons. The molecule has 0 aliphatic heterocycles. The Morgan fingerprint density at radius 2 is 2.00 bits per heavy atom. The van der Waals surface area contributed by atoms with Crippen LogP contribution >= 0.6 is 11.6 Å². The Labute approximate surface area is 118 Å². The number of anilines is 1. The Balaban J connectivity index is 1.75. The first-order valence-electron chi connectivity index (χ1n) is 6.88. The predicted octanol–water partition coefficient (Wildman–Crippen LogP) is 3.70. The summed E-state index contributed by atoms with van der Waals surface area (Å²) in [7, 11) is 0. The first kappa shape index (κ1) is 12.7. The second-order valence-electron chi connectivity index (χ2n) is 5.23. The summed E-state index contributed by atoms with van der Waals surface area (Å²) in [4.78, 5) is 8.64. The number of nitrogens with one attached hydrogen (secondary N) is 1. The first-order valence-corrected chi connectivity index (χ1v) is 7.41. The third-order valence-electron chi connectivity index (χ3n) is 4.09. The van der Waals surface area contributed by atoms with Gasteiger partial charge in [0.25, 0.3) is 0 Å². The van der Waals surface area contributed by atoms with Gasteiger partial charge in [-0.25, -0.2) is 9.97 Å². The number of fused-ring (bicyclic) bond motifs is 1. The number of halogens is 1. The van der Waals surface area contributed by atoms with Gasteiger partial charge in [0.2, 0.25) is 0 Å². The van der Waals surface area contributed by atoms with Crippen molar-refractivity contribution in [2.45, 2.75) is 19.3 Å². The van der Waals surface area contributed by atoms with Crippen LogP contribution in [-0.2, 0) is 0 Å². The predicted molar refractivity (Wildman–Crippen MR) is 79.6 cm³/mol. The summed E-state index contributed by atoms with van der Waals surface area (Å²) >= 11 is 6.03. The molecule has 0 amide bonds. The molecule has 1 aromatic carbocycles. The summed E-state index contributed by atoms with van der Waals surface area (Å²) in [6, 6.07) is 8.10. The van der Waals surface area contributed by atoms with Crippen LogP contribution < -0.4 is 5.32 Å². The fourth-order valence-electron chi connectivity index (χ4n) is 2.96. The Kier molecular flexibility index (Phi) is 3.83. The summed E-state index contributed by atoms with van der Waals surface area (Å²) in [5.74, 6) is 3.04. The lowest BCUT2D eigenvalue weighted by molar-refractivity contribution is 0.444. The third-order valence-corrected chi connectivity index (χ3v) is 4.49. The van der Waals surface area contributed by atoms with Gasteiger partial charge >= 0.3 is 0 Å². The Bertz CT molecular complexity index is 553. The van der Waals surface area contributed by atoms with Crippen LogP contribution in [0.15, 0.2) is 30.6 Å². The maximum absolute atomic E-state index is 6.03. The van der Waals surface area contributed by atoms with E-state index in [1.54, 1.807) is 6.33 Å². The fourth-order valence-corrected chi connectivity index (χ4v) is 3.37. The van der Waals surface area contributed by atoms with Crippen molar-refractivity contribution < 1.29 is 0 Å². The molecule has 4 heteroatoms. The minimum atomic E-state index is 0.655. The molecule has 0 saturated heterocycles. The van der Waals surface area contributed by atoms with Gasteiger partial charge in [0.1, 0.15) is 12.1 Å². The van der Waals surface area contributed by atoms with E-state index in [1.165, 1.54) is 19.3 Å². The molecule has 1 saturated carbocycles. The lowest BCUT2D eigenvalue weighted by Crippen LogP contribution is -2.20. The molecule has 3 nitrogen and oxygen atoms in total. The highest BCUT2D eigenvalue weighted by atomic mass is 35.5. The summed E-state index contributed by atoms with van der Waals surface area (Å²) in [5.41, 5.74) is 0.986. The highest BCUT2D eigenvalue weighted by Crippen LogP contribution is 2.32. The lowest BCUT2D eigenvalue weighted by atomic mass is 9.98. The van der Waals surface area contributed by atoms with Crippen LogP contribution in [0.5, 0.6) is 0 Å². The van der Waals surface area contributed by atoms with Crippen LogP contribution in [0.1, 0.15) is 19.3 Å². The summed E-state index contributed by atoms with van der Waals surface area (Å²) in [5, 5.41) is 4.57. The number of para-hydroxylation sites is 1. The molecule has 2 aromatic rings. The Morgan fingerprint density at radius 1 is 1.16 bits per heavy atom. The van der Waals surface area contributed by atoms with Crippen molar-refractivity contribution in [3.63, 3.8) is 0 Å². The van der Waals surface area contributed by atoms with Crippen LogP contribution in [-0.4, -0.2) is 22.4 Å². The summed E-state index contributed by atoms with van der Waals surface area (Å²) in [6.07, 6.45) is 5.46. The van der Waals surface area contributed by atoms with E-state index in [0.717, 1.165) is 29.1 Å². The molecule has 0 spiro atoms. The molecule has 2 unspecified atom stereocenters. The van der Waals surface area contributed by atoms with Gasteiger partial charge in [0, 0.05) is 17.8 Å². The van der Waals surface area contributed by atoms with Crippen molar-refractivity contribution in [1.82, 2.24) is 9.97 Å². The minimum absolute atomic E-state index is 0.655. The highest BCUT2D eigenvalue weighted by Gasteiger charge is 2.26. The molecule has 1 aliphatic carbocycles. The zero-order chi connectivity index (χ0) is 13.1. The van der Waals surface area contributed by atoms with E-state index in [0.29, 0.717) is 11.8 Å². The standard InChI is InChI=1S/C15H18ClN3/c16-8-11-4-3-5-12(11)9-17-15-13-6-1-2-7-14(13)18-10-19-15/h1-2,6-7,10-12H,3-5,8-9H2,(H,17,18,19). The van der Waals surface area contributed by atoms with E-state index >= 15 is 0 Å². The molecule has 2 atom stereocenters. The van der Waals surface area contributed by atoms with Crippen molar-refractivity contribution in [3.05, 3.63) is 30.6 Å². The van der Waals surface area contributed by atoms with E-state index in [9.17, 15) is 0 Å². The van der Waals surface area contributed by atoms with Gasteiger partial charge in [-0.05, 0) is 36.8 Å². The number of alkyl halides is 1. The fraction of sp³-hybridized carbons (Fsp3) is 0.467. The van der Waals surface area contributed by atoms with Crippen molar-refractivity contribution in [1.29, 1.82) is 0 Å². The van der Waals surface area contributed by atoms with Crippen molar-refractivity contribution >= 4 is 28.3 Å². The SMILES string of the molecule is ClCC1CCCC1CNc1ncnc2ccccc12. The molecule has 0 radical (unpaired) electrons. The second-order valence-corrected chi connectivity index (χ2v) is 5.53. The largest absolute Gasteiger partial charge is 0.369 e.